The van der Waals surface area contributed by atoms with Crippen LogP contribution in [0.5, 0.6) is 5.75 Å². The first-order valence-corrected chi connectivity index (χ1v) is 12.1. The number of thioether (sulfide) groups is 1. The van der Waals surface area contributed by atoms with Crippen LogP contribution in [0.4, 0.5) is 5.13 Å². The van der Waals surface area contributed by atoms with Crippen LogP contribution in [0, 0.1) is 0 Å². The summed E-state index contributed by atoms with van der Waals surface area (Å²) in [5.74, 6) is -0.274. The second-order valence-electron chi connectivity index (χ2n) is 6.97. The van der Waals surface area contributed by atoms with Crippen LogP contribution in [0.3, 0.4) is 0 Å². The van der Waals surface area contributed by atoms with Gasteiger partial charge in [-0.3, -0.25) is 9.59 Å². The minimum Gasteiger partial charge on any atom is -0.464 e. The van der Waals surface area contributed by atoms with Crippen LogP contribution in [0.15, 0.2) is 80.5 Å². The first-order valence-electron chi connectivity index (χ1n) is 10.3. The van der Waals surface area contributed by atoms with Crippen LogP contribution < -0.4 is 15.5 Å². The van der Waals surface area contributed by atoms with Gasteiger partial charge < -0.3 is 14.5 Å². The fraction of sp³-hybridized carbons (Fsp3) is 0.125. The Morgan fingerprint density at radius 1 is 1.06 bits per heavy atom. The largest absolute Gasteiger partial charge is 0.464 e. The van der Waals surface area contributed by atoms with Crippen LogP contribution in [-0.2, 0) is 10.5 Å². The van der Waals surface area contributed by atoms with Crippen molar-refractivity contribution in [3.63, 3.8) is 0 Å². The number of aromatic nitrogens is 2. The van der Waals surface area contributed by atoms with Crippen molar-refractivity contribution >= 4 is 40.1 Å². The number of nitrogens with one attached hydrogen (secondary N) is 1. The summed E-state index contributed by atoms with van der Waals surface area (Å²) in [4.78, 5) is 36.3. The molecule has 0 aliphatic carbocycles. The summed E-state index contributed by atoms with van der Waals surface area (Å²) in [6.07, 6.45) is 1.48. The quantitative estimate of drug-likeness (QED) is 0.207. The number of nitrogens with zero attached hydrogens (tertiary/aromatic N) is 2. The molecule has 0 bridgehead atoms. The van der Waals surface area contributed by atoms with E-state index in [1.165, 1.54) is 29.2 Å². The third-order valence-electron chi connectivity index (χ3n) is 4.59. The number of carbonyl (C=O) groups is 2. The highest BCUT2D eigenvalue weighted by Crippen LogP contribution is 2.28. The number of amides is 1. The van der Waals surface area contributed by atoms with E-state index in [4.69, 9.17) is 9.15 Å². The molecule has 0 saturated heterocycles. The molecule has 0 spiro atoms. The summed E-state index contributed by atoms with van der Waals surface area (Å²) in [6, 6.07) is 18.0. The van der Waals surface area contributed by atoms with Gasteiger partial charge in [0, 0.05) is 12.5 Å². The van der Waals surface area contributed by atoms with Gasteiger partial charge in [0.05, 0.1) is 11.3 Å². The summed E-state index contributed by atoms with van der Waals surface area (Å²) in [5, 5.41) is 10.9. The number of ether oxygens (including phenoxy) is 1. The molecule has 0 atom stereocenters. The number of carbonyl (C=O) groups excluding carboxylic acids is 2. The maximum atomic E-state index is 12.5. The molecule has 0 fully saturated rings. The van der Waals surface area contributed by atoms with Crippen molar-refractivity contribution in [3.8, 4) is 16.9 Å². The van der Waals surface area contributed by atoms with Crippen molar-refractivity contribution in [1.82, 2.24) is 10.2 Å². The van der Waals surface area contributed by atoms with Gasteiger partial charge in [-0.25, -0.2) is 4.79 Å². The Labute approximate surface area is 203 Å². The van der Waals surface area contributed by atoms with Crippen molar-refractivity contribution in [2.24, 2.45) is 0 Å². The molecule has 1 N–H and O–H groups in total. The molecular formula is C24H19N3O5S2. The predicted octanol–water partition coefficient (Wildman–Crippen LogP) is 5.02. The molecule has 8 nitrogen and oxygen atoms in total. The monoisotopic (exact) mass is 493 g/mol. The zero-order valence-electron chi connectivity index (χ0n) is 18.0. The topological polar surface area (TPSA) is 111 Å². The lowest BCUT2D eigenvalue weighted by molar-refractivity contribution is -0.115. The fourth-order valence-electron chi connectivity index (χ4n) is 2.84. The van der Waals surface area contributed by atoms with Crippen molar-refractivity contribution in [1.29, 1.82) is 0 Å². The minimum atomic E-state index is -0.649. The summed E-state index contributed by atoms with van der Waals surface area (Å²) in [5.41, 5.74) is 1.85. The van der Waals surface area contributed by atoms with Gasteiger partial charge in [0.15, 0.2) is 4.34 Å². The number of rotatable bonds is 8. The molecule has 0 unspecified atom stereocenters. The molecule has 172 valence electrons. The number of benzene rings is 2. The van der Waals surface area contributed by atoms with E-state index in [0.717, 1.165) is 17.4 Å². The van der Waals surface area contributed by atoms with E-state index in [1.54, 1.807) is 19.1 Å². The van der Waals surface area contributed by atoms with E-state index in [0.29, 0.717) is 33.0 Å². The average Bonchev–Trinajstić information content (AvgIpc) is 3.32. The van der Waals surface area contributed by atoms with Crippen LogP contribution in [-0.4, -0.2) is 22.1 Å². The standard InChI is InChI=1S/C24H19N3O5S2/c1-2-21(29)25-23-26-27-24(34-23)33-14-18-12-19(28)20(13-31-18)32-22(30)17-10-8-16(9-11-17)15-6-4-3-5-7-15/h3-13H,2,14H2,1H3,(H,25,26,29). The van der Waals surface area contributed by atoms with Crippen LogP contribution >= 0.6 is 23.1 Å². The molecule has 10 heteroatoms. The van der Waals surface area contributed by atoms with E-state index in [1.807, 2.05) is 42.5 Å². The Bertz CT molecular complexity index is 1350. The zero-order valence-corrected chi connectivity index (χ0v) is 19.7. The molecule has 0 radical (unpaired) electrons. The van der Waals surface area contributed by atoms with E-state index < -0.39 is 11.4 Å². The lowest BCUT2D eigenvalue weighted by Crippen LogP contribution is -2.14. The molecule has 1 amide bonds. The van der Waals surface area contributed by atoms with Crippen LogP contribution in [0.2, 0.25) is 0 Å². The third kappa shape index (κ3) is 5.97. The first kappa shape index (κ1) is 23.4. The molecule has 4 aromatic rings. The molecular weight excluding hydrogens is 474 g/mol. The van der Waals surface area contributed by atoms with E-state index >= 15 is 0 Å². The lowest BCUT2D eigenvalue weighted by Gasteiger charge is -2.06. The van der Waals surface area contributed by atoms with Crippen LogP contribution in [0.25, 0.3) is 11.1 Å². The minimum absolute atomic E-state index is 0.143. The smallest absolute Gasteiger partial charge is 0.343 e. The first-order chi connectivity index (χ1) is 16.5. The molecule has 0 aliphatic rings. The Balaban J connectivity index is 1.35. The second kappa shape index (κ2) is 10.9. The maximum Gasteiger partial charge on any atom is 0.343 e. The Morgan fingerprint density at radius 2 is 1.79 bits per heavy atom. The molecule has 0 aliphatic heterocycles. The van der Waals surface area contributed by atoms with Crippen molar-refractivity contribution in [3.05, 3.63) is 88.5 Å². The summed E-state index contributed by atoms with van der Waals surface area (Å²) in [6.45, 7) is 1.75. The normalized spacial score (nSPS) is 10.6. The number of esters is 1. The maximum absolute atomic E-state index is 12.5. The molecule has 2 heterocycles. The van der Waals surface area contributed by atoms with E-state index in [2.05, 4.69) is 15.5 Å². The summed E-state index contributed by atoms with van der Waals surface area (Å²) >= 11 is 2.54. The number of hydrogen-bond donors (Lipinski definition) is 1. The van der Waals surface area contributed by atoms with Gasteiger partial charge in [-0.2, -0.15) is 0 Å². The second-order valence-corrected chi connectivity index (χ2v) is 9.17. The molecule has 34 heavy (non-hydrogen) atoms. The molecule has 2 aromatic heterocycles. The third-order valence-corrected chi connectivity index (χ3v) is 6.59. The van der Waals surface area contributed by atoms with Crippen molar-refractivity contribution in [2.75, 3.05) is 5.32 Å². The highest BCUT2D eigenvalue weighted by molar-refractivity contribution is 8.00. The van der Waals surface area contributed by atoms with Gasteiger partial charge in [-0.15, -0.1) is 10.2 Å². The number of hydrogen-bond acceptors (Lipinski definition) is 9. The molecule has 0 saturated carbocycles. The Kier molecular flexibility index (Phi) is 7.51. The van der Waals surface area contributed by atoms with Crippen molar-refractivity contribution in [2.45, 2.75) is 23.4 Å². The summed E-state index contributed by atoms with van der Waals surface area (Å²) < 4.78 is 11.3. The number of anilines is 1. The zero-order chi connectivity index (χ0) is 23.9. The van der Waals surface area contributed by atoms with Gasteiger partial charge in [-0.05, 0) is 23.3 Å². The van der Waals surface area contributed by atoms with Gasteiger partial charge in [0.2, 0.25) is 22.2 Å². The highest BCUT2D eigenvalue weighted by Gasteiger charge is 2.14. The SMILES string of the molecule is CCC(=O)Nc1nnc(SCc2cc(=O)c(OC(=O)c3ccc(-c4ccccc4)cc3)co2)s1. The fourth-order valence-corrected chi connectivity index (χ4v) is 4.49. The van der Waals surface area contributed by atoms with Gasteiger partial charge in [0.25, 0.3) is 0 Å². The van der Waals surface area contributed by atoms with Crippen molar-refractivity contribution < 1.29 is 18.7 Å². The Hall–Kier alpha value is -3.76. The predicted molar refractivity (Wildman–Crippen MR) is 130 cm³/mol. The van der Waals surface area contributed by atoms with E-state index in [9.17, 15) is 14.4 Å². The summed E-state index contributed by atoms with van der Waals surface area (Å²) in [7, 11) is 0. The average molecular weight is 494 g/mol. The van der Waals surface area contributed by atoms with Crippen LogP contribution in [0.1, 0.15) is 29.5 Å². The van der Waals surface area contributed by atoms with Gasteiger partial charge >= 0.3 is 5.97 Å². The van der Waals surface area contributed by atoms with E-state index in [-0.39, 0.29) is 11.7 Å². The highest BCUT2D eigenvalue weighted by atomic mass is 32.2. The molecule has 4 rings (SSSR count). The Morgan fingerprint density at radius 3 is 2.50 bits per heavy atom. The van der Waals surface area contributed by atoms with Gasteiger partial charge in [0.1, 0.15) is 12.0 Å². The lowest BCUT2D eigenvalue weighted by atomic mass is 10.0. The molecule has 2 aromatic carbocycles. The van der Waals surface area contributed by atoms with Gasteiger partial charge in [-0.1, -0.05) is 72.5 Å².